The largest absolute Gasteiger partial charge is 0.398 e. The van der Waals surface area contributed by atoms with Gasteiger partial charge in [0.25, 0.3) is 0 Å². The Kier molecular flexibility index (Phi) is 11.4. The second kappa shape index (κ2) is 14.5. The highest BCUT2D eigenvalue weighted by molar-refractivity contribution is 6.07. The summed E-state index contributed by atoms with van der Waals surface area (Å²) in [4.78, 5) is 56.2. The maximum Gasteiger partial charge on any atom is 0.248 e. The Bertz CT molecular complexity index is 1690. The first-order valence-electron chi connectivity index (χ1n) is 16.0. The number of nitrogen functional groups attached to an aromatic ring is 1. The maximum atomic E-state index is 11.6. The molecule has 0 atom stereocenters. The minimum atomic E-state index is -0.652. The third kappa shape index (κ3) is 9.50. The molecule has 2 aromatic carbocycles. The molecule has 2 aliphatic rings. The van der Waals surface area contributed by atoms with Crippen LogP contribution in [0.1, 0.15) is 109 Å². The number of fused-ring (bicyclic) bond motifs is 1. The van der Waals surface area contributed by atoms with Crippen LogP contribution in [0.3, 0.4) is 0 Å². The zero-order valence-corrected chi connectivity index (χ0v) is 29.1. The lowest BCUT2D eigenvalue weighted by atomic mass is 9.70. The Labute approximate surface area is 278 Å². The molecule has 1 saturated carbocycles. The maximum absolute atomic E-state index is 11.6. The number of primary amides is 2. The molecular weight excluding hydrogens is 592 g/mol. The van der Waals surface area contributed by atoms with Crippen LogP contribution < -0.4 is 17.2 Å². The molecule has 3 aromatic rings. The van der Waals surface area contributed by atoms with Crippen LogP contribution in [0, 0.1) is 37.5 Å². The average Bonchev–Trinajstić information content (AvgIpc) is 3.26. The summed E-state index contributed by atoms with van der Waals surface area (Å²) in [5.41, 5.74) is 25.0. The Morgan fingerprint density at radius 1 is 0.787 bits per heavy atom. The van der Waals surface area contributed by atoms with Crippen LogP contribution in [0.15, 0.2) is 42.5 Å². The first-order chi connectivity index (χ1) is 21.7. The van der Waals surface area contributed by atoms with Crippen molar-refractivity contribution in [3.05, 3.63) is 81.7 Å². The topological polar surface area (TPSA) is 168 Å². The van der Waals surface area contributed by atoms with Gasteiger partial charge in [0.15, 0.2) is 0 Å². The van der Waals surface area contributed by atoms with Crippen LogP contribution in [0.2, 0.25) is 0 Å². The lowest BCUT2D eigenvalue weighted by Gasteiger charge is -2.31. The predicted octanol–water partition coefficient (Wildman–Crippen LogP) is 5.92. The summed E-state index contributed by atoms with van der Waals surface area (Å²) < 4.78 is 2.32. The summed E-state index contributed by atoms with van der Waals surface area (Å²) in [7, 11) is 0. The van der Waals surface area contributed by atoms with Crippen molar-refractivity contribution in [3.63, 3.8) is 0 Å². The second-order valence-electron chi connectivity index (χ2n) is 14.6. The van der Waals surface area contributed by atoms with Crippen molar-refractivity contribution in [1.82, 2.24) is 4.57 Å². The lowest BCUT2D eigenvalue weighted by molar-refractivity contribution is -0.142. The first-order valence-corrected chi connectivity index (χ1v) is 16.0. The van der Waals surface area contributed by atoms with Crippen molar-refractivity contribution >= 4 is 34.9 Å². The fourth-order valence-electron chi connectivity index (χ4n) is 6.26. The monoisotopic (exact) mass is 642 g/mol. The van der Waals surface area contributed by atoms with Crippen molar-refractivity contribution < 1.29 is 24.0 Å². The summed E-state index contributed by atoms with van der Waals surface area (Å²) in [6, 6.07) is 13.0. The van der Waals surface area contributed by atoms with Gasteiger partial charge in [0.2, 0.25) is 11.8 Å². The number of aryl methyl sites for hydroxylation is 4. The van der Waals surface area contributed by atoms with E-state index in [-0.39, 0.29) is 35.1 Å². The molecular formula is C38H50N4O5. The fourth-order valence-corrected chi connectivity index (χ4v) is 6.26. The van der Waals surface area contributed by atoms with E-state index >= 15 is 0 Å². The van der Waals surface area contributed by atoms with Gasteiger partial charge in [-0.15, -0.1) is 0 Å². The average molecular weight is 643 g/mol. The van der Waals surface area contributed by atoms with Gasteiger partial charge in [0, 0.05) is 53.2 Å². The van der Waals surface area contributed by atoms with E-state index in [1.54, 1.807) is 24.3 Å². The second-order valence-corrected chi connectivity index (χ2v) is 14.6. The number of carbonyl (C=O) groups excluding carboxylic acids is 5. The number of anilines is 1. The van der Waals surface area contributed by atoms with Gasteiger partial charge >= 0.3 is 0 Å². The molecule has 2 amide bonds. The summed E-state index contributed by atoms with van der Waals surface area (Å²) in [6.07, 6.45) is 4.34. The number of nitrogens with two attached hydrogens (primary N) is 3. The molecule has 0 spiro atoms. The quantitative estimate of drug-likeness (QED) is 0.230. The zero-order valence-electron chi connectivity index (χ0n) is 29.1. The predicted molar refractivity (Wildman–Crippen MR) is 185 cm³/mol. The van der Waals surface area contributed by atoms with E-state index in [2.05, 4.69) is 38.3 Å². The van der Waals surface area contributed by atoms with Gasteiger partial charge < -0.3 is 21.8 Å². The fraction of sp³-hybridized carbons (Fsp3) is 0.447. The molecule has 1 heterocycles. The van der Waals surface area contributed by atoms with Crippen LogP contribution in [-0.4, -0.2) is 33.7 Å². The number of hydrogen-bond donors (Lipinski definition) is 3. The molecule has 2 aliphatic carbocycles. The van der Waals surface area contributed by atoms with E-state index < -0.39 is 11.8 Å². The third-order valence-electron chi connectivity index (χ3n) is 8.97. The number of nitrogens with zero attached hydrogens (tertiary/aromatic N) is 1. The molecule has 5 rings (SSSR count). The van der Waals surface area contributed by atoms with E-state index in [0.717, 1.165) is 29.7 Å². The number of hydrogen-bond acceptors (Lipinski definition) is 6. The highest BCUT2D eigenvalue weighted by atomic mass is 16.2. The number of benzene rings is 2. The van der Waals surface area contributed by atoms with E-state index in [0.29, 0.717) is 35.1 Å². The number of amides is 2. The van der Waals surface area contributed by atoms with Gasteiger partial charge in [-0.25, -0.2) is 0 Å². The Morgan fingerprint density at radius 2 is 1.32 bits per heavy atom. The molecule has 0 saturated heterocycles. The van der Waals surface area contributed by atoms with Crippen LogP contribution in [0.25, 0.3) is 5.69 Å². The molecule has 0 aliphatic heterocycles. The van der Waals surface area contributed by atoms with E-state index in [1.165, 1.54) is 30.3 Å². The minimum Gasteiger partial charge on any atom is -0.398 e. The molecule has 0 unspecified atom stereocenters. The van der Waals surface area contributed by atoms with Crippen molar-refractivity contribution in [2.75, 3.05) is 5.73 Å². The van der Waals surface area contributed by atoms with Crippen LogP contribution in [0.4, 0.5) is 5.69 Å². The van der Waals surface area contributed by atoms with Gasteiger partial charge in [0.1, 0.15) is 17.3 Å². The minimum absolute atomic E-state index is 0.0681. The number of carbonyl (C=O) groups is 5. The molecule has 9 heteroatoms. The normalized spacial score (nSPS) is 16.6. The van der Waals surface area contributed by atoms with Gasteiger partial charge in [-0.1, -0.05) is 39.8 Å². The first kappa shape index (κ1) is 36.9. The van der Waals surface area contributed by atoms with Crippen LogP contribution in [-0.2, 0) is 27.2 Å². The lowest BCUT2D eigenvalue weighted by Crippen LogP contribution is -2.38. The van der Waals surface area contributed by atoms with Gasteiger partial charge in [-0.3, -0.25) is 24.0 Å². The molecule has 0 bridgehead atoms. The SMILES string of the molecule is CC(=O)CC1C(=O)CC(C)(C)CC1=O.Cc1ccc(C(N)=O)cc1-n1c(C)cc2c1CC(C)(C)CC2.Cc1ccc(C(N)=O)cc1N. The number of ketones is 3. The van der Waals surface area contributed by atoms with E-state index in [1.807, 2.05) is 32.9 Å². The highest BCUT2D eigenvalue weighted by Gasteiger charge is 2.39. The smallest absolute Gasteiger partial charge is 0.248 e. The standard InChI is InChI=1S/C19H24N2O.C11H16O3.C8H10N2O/c1-12-5-6-15(18(20)22)10-16(12)21-13(2)9-14-7-8-19(3,4)11-17(14)21;1-7(12)4-8-9(13)5-11(2,3)6-10(8)14;1-5-2-3-6(8(10)11)4-7(5)9/h5-6,9-10H,7-8,11H2,1-4H3,(H2,20,22);8H,4-6H2,1-3H3;2-4H,9H2,1H3,(H2,10,11). The van der Waals surface area contributed by atoms with E-state index in [4.69, 9.17) is 17.2 Å². The molecule has 6 N–H and O–H groups in total. The van der Waals surface area contributed by atoms with Crippen molar-refractivity contribution in [3.8, 4) is 5.69 Å². The van der Waals surface area contributed by atoms with Gasteiger partial charge in [-0.2, -0.15) is 0 Å². The van der Waals surface area contributed by atoms with E-state index in [9.17, 15) is 24.0 Å². The summed E-state index contributed by atoms with van der Waals surface area (Å²) in [5.74, 6) is -1.70. The molecule has 252 valence electrons. The Balaban J connectivity index is 0.000000207. The molecule has 1 fully saturated rings. The van der Waals surface area contributed by atoms with Crippen LogP contribution in [0.5, 0.6) is 0 Å². The van der Waals surface area contributed by atoms with Crippen molar-refractivity contribution in [2.45, 2.75) is 93.9 Å². The van der Waals surface area contributed by atoms with Gasteiger partial charge in [-0.05, 0) is 105 Å². The highest BCUT2D eigenvalue weighted by Crippen LogP contribution is 2.38. The Morgan fingerprint density at radius 3 is 1.83 bits per heavy atom. The molecule has 0 radical (unpaired) electrons. The van der Waals surface area contributed by atoms with Gasteiger partial charge in [0.05, 0.1) is 5.92 Å². The molecule has 1 aromatic heterocycles. The molecule has 9 nitrogen and oxygen atoms in total. The number of rotatable bonds is 5. The number of aromatic nitrogens is 1. The molecule has 47 heavy (non-hydrogen) atoms. The summed E-state index contributed by atoms with van der Waals surface area (Å²) in [5, 5.41) is 0. The zero-order chi connectivity index (χ0) is 35.4. The van der Waals surface area contributed by atoms with Crippen LogP contribution >= 0.6 is 0 Å². The van der Waals surface area contributed by atoms with Crippen molar-refractivity contribution in [2.24, 2.45) is 28.2 Å². The van der Waals surface area contributed by atoms with Crippen molar-refractivity contribution in [1.29, 1.82) is 0 Å². The number of Topliss-reactive ketones (excluding diaryl/α,β-unsaturated/α-hetero) is 3. The third-order valence-corrected chi connectivity index (χ3v) is 8.97. The summed E-state index contributed by atoms with van der Waals surface area (Å²) in [6.45, 7) is 16.0. The summed E-state index contributed by atoms with van der Waals surface area (Å²) >= 11 is 0. The Hall–Kier alpha value is -4.53.